The third-order valence-corrected chi connectivity index (χ3v) is 6.96. The number of benzene rings is 3. The summed E-state index contributed by atoms with van der Waals surface area (Å²) in [5, 5.41) is 0. The molecule has 1 aliphatic heterocycles. The number of rotatable bonds is 6. The topological polar surface area (TPSA) is 69.7 Å². The number of nitrogens with zero attached hydrogens (tertiary/aromatic N) is 2. The Morgan fingerprint density at radius 3 is 2.03 bits per heavy atom. The minimum absolute atomic E-state index is 0.0372. The van der Waals surface area contributed by atoms with Crippen molar-refractivity contribution in [1.29, 1.82) is 0 Å². The van der Waals surface area contributed by atoms with E-state index >= 15 is 0 Å². The van der Waals surface area contributed by atoms with Crippen molar-refractivity contribution >= 4 is 27.4 Å². The van der Waals surface area contributed by atoms with E-state index < -0.39 is 10.0 Å². The van der Waals surface area contributed by atoms with Crippen LogP contribution in [0.3, 0.4) is 0 Å². The summed E-state index contributed by atoms with van der Waals surface area (Å²) >= 11 is 0. The molecule has 166 valence electrons. The molecule has 3 aromatic rings. The average molecular weight is 450 g/mol. The molecule has 0 aliphatic carbocycles. The number of carbonyl (C=O) groups is 1. The number of carbonyl (C=O) groups excluding carboxylic acids is 1. The van der Waals surface area contributed by atoms with Gasteiger partial charge in [-0.15, -0.1) is 0 Å². The van der Waals surface area contributed by atoms with Crippen LogP contribution < -0.4 is 9.62 Å². The first-order valence-electron chi connectivity index (χ1n) is 10.6. The van der Waals surface area contributed by atoms with Gasteiger partial charge in [-0.25, -0.2) is 13.2 Å². The van der Waals surface area contributed by atoms with Crippen LogP contribution in [0, 0.1) is 13.8 Å². The lowest BCUT2D eigenvalue weighted by molar-refractivity contribution is 0.192. The summed E-state index contributed by atoms with van der Waals surface area (Å²) in [6, 6.07) is 21.8. The molecule has 1 aliphatic rings. The van der Waals surface area contributed by atoms with E-state index in [0.717, 1.165) is 29.8 Å². The number of aryl methyl sites for hydroxylation is 2. The van der Waals surface area contributed by atoms with Gasteiger partial charge in [0.05, 0.1) is 4.90 Å². The van der Waals surface area contributed by atoms with Crippen LogP contribution in [0.5, 0.6) is 0 Å². The minimum atomic E-state index is -3.66. The van der Waals surface area contributed by atoms with Crippen molar-refractivity contribution < 1.29 is 13.2 Å². The second-order valence-electron chi connectivity index (χ2n) is 8.16. The molecule has 0 bridgehead atoms. The van der Waals surface area contributed by atoms with Gasteiger partial charge in [-0.2, -0.15) is 0 Å². The fourth-order valence-corrected chi connectivity index (χ4v) is 4.78. The maximum absolute atomic E-state index is 13.1. The van der Waals surface area contributed by atoms with Crippen LogP contribution in [-0.4, -0.2) is 32.4 Å². The molecule has 0 atom stereocenters. The molecule has 6 nitrogen and oxygen atoms in total. The van der Waals surface area contributed by atoms with Crippen molar-refractivity contribution in [2.24, 2.45) is 0 Å². The van der Waals surface area contributed by atoms with Crippen LogP contribution in [-0.2, 0) is 16.6 Å². The van der Waals surface area contributed by atoms with Crippen LogP contribution in [0.15, 0.2) is 77.7 Å². The summed E-state index contributed by atoms with van der Waals surface area (Å²) < 4.78 is 27.8. The number of hydrogen-bond donors (Lipinski definition) is 1. The molecule has 32 heavy (non-hydrogen) atoms. The first-order valence-corrected chi connectivity index (χ1v) is 12.1. The highest BCUT2D eigenvalue weighted by Gasteiger charge is 2.27. The molecule has 4 rings (SSSR count). The van der Waals surface area contributed by atoms with E-state index in [4.69, 9.17) is 0 Å². The van der Waals surface area contributed by atoms with Crippen LogP contribution >= 0.6 is 0 Å². The zero-order valence-electron chi connectivity index (χ0n) is 18.3. The third kappa shape index (κ3) is 4.94. The number of nitrogens with one attached hydrogen (secondary N) is 1. The number of amides is 2. The Morgan fingerprint density at radius 2 is 1.41 bits per heavy atom. The van der Waals surface area contributed by atoms with Crippen LogP contribution in [0.25, 0.3) is 0 Å². The summed E-state index contributed by atoms with van der Waals surface area (Å²) in [5.74, 6) is 0. The Hall–Kier alpha value is -3.32. The Morgan fingerprint density at radius 1 is 0.812 bits per heavy atom. The quantitative estimate of drug-likeness (QED) is 0.580. The molecule has 0 unspecified atom stereocenters. The van der Waals surface area contributed by atoms with Gasteiger partial charge in [0.2, 0.25) is 0 Å². The van der Waals surface area contributed by atoms with Gasteiger partial charge in [0, 0.05) is 31.0 Å². The molecular weight excluding hydrogens is 422 g/mol. The van der Waals surface area contributed by atoms with Crippen molar-refractivity contribution in [3.63, 3.8) is 0 Å². The molecule has 0 spiro atoms. The van der Waals surface area contributed by atoms with E-state index in [1.807, 2.05) is 18.7 Å². The van der Waals surface area contributed by atoms with Crippen LogP contribution in [0.1, 0.15) is 23.1 Å². The number of urea groups is 1. The van der Waals surface area contributed by atoms with E-state index in [0.29, 0.717) is 18.8 Å². The predicted molar refractivity (Wildman–Crippen MR) is 127 cm³/mol. The SMILES string of the molecule is Cc1ccc(CN2CCCN(c3ccc(NS(=O)(=O)c4ccc(C)cc4)cc3)C2=O)cc1. The standard InChI is InChI=1S/C25H27N3O3S/c1-19-4-8-21(9-5-19)18-27-16-3-17-28(25(27)29)23-12-10-22(11-13-23)26-32(30,31)24-14-6-20(2)7-15-24/h4-15,26H,3,16-18H2,1-2H3. The highest BCUT2D eigenvalue weighted by atomic mass is 32.2. The second kappa shape index (κ2) is 9.04. The molecule has 3 aromatic carbocycles. The molecule has 7 heteroatoms. The normalized spacial score (nSPS) is 14.5. The molecule has 2 amide bonds. The molecular formula is C25H27N3O3S. The Balaban J connectivity index is 1.45. The molecule has 1 saturated heterocycles. The zero-order valence-corrected chi connectivity index (χ0v) is 19.1. The van der Waals surface area contributed by atoms with Gasteiger partial charge in [0.1, 0.15) is 0 Å². The van der Waals surface area contributed by atoms with E-state index in [1.54, 1.807) is 53.4 Å². The van der Waals surface area contributed by atoms with Gasteiger partial charge in [-0.1, -0.05) is 47.5 Å². The lowest BCUT2D eigenvalue weighted by Crippen LogP contribution is -2.49. The summed E-state index contributed by atoms with van der Waals surface area (Å²) in [6.07, 6.45) is 0.874. The number of sulfonamides is 1. The molecule has 0 saturated carbocycles. The largest absolute Gasteiger partial charge is 0.324 e. The summed E-state index contributed by atoms with van der Waals surface area (Å²) in [7, 11) is -3.66. The van der Waals surface area contributed by atoms with Gasteiger partial charge >= 0.3 is 6.03 Å². The molecule has 0 aromatic heterocycles. The monoisotopic (exact) mass is 449 g/mol. The molecule has 1 heterocycles. The van der Waals surface area contributed by atoms with Gasteiger partial charge in [0.15, 0.2) is 0 Å². The second-order valence-corrected chi connectivity index (χ2v) is 9.84. The summed E-state index contributed by atoms with van der Waals surface area (Å²) in [5.41, 5.74) is 4.50. The lowest BCUT2D eigenvalue weighted by atomic mass is 10.1. The van der Waals surface area contributed by atoms with E-state index in [-0.39, 0.29) is 10.9 Å². The highest BCUT2D eigenvalue weighted by Crippen LogP contribution is 2.24. The maximum Gasteiger partial charge on any atom is 0.324 e. The number of anilines is 2. The Labute approximate surface area is 189 Å². The lowest BCUT2D eigenvalue weighted by Gasteiger charge is -2.35. The fraction of sp³-hybridized carbons (Fsp3) is 0.240. The molecule has 1 fully saturated rings. The highest BCUT2D eigenvalue weighted by molar-refractivity contribution is 7.92. The van der Waals surface area contributed by atoms with Gasteiger partial charge < -0.3 is 4.90 Å². The number of hydrogen-bond acceptors (Lipinski definition) is 3. The fourth-order valence-electron chi connectivity index (χ4n) is 3.72. The van der Waals surface area contributed by atoms with Crippen molar-refractivity contribution in [2.75, 3.05) is 22.7 Å². The van der Waals surface area contributed by atoms with E-state index in [9.17, 15) is 13.2 Å². The predicted octanol–water partition coefficient (Wildman–Crippen LogP) is 4.94. The van der Waals surface area contributed by atoms with Crippen molar-refractivity contribution in [2.45, 2.75) is 31.7 Å². The first-order chi connectivity index (χ1) is 15.3. The third-order valence-electron chi connectivity index (χ3n) is 5.57. The average Bonchev–Trinajstić information content (AvgIpc) is 2.77. The van der Waals surface area contributed by atoms with Crippen molar-refractivity contribution in [3.05, 3.63) is 89.5 Å². The molecule has 1 N–H and O–H groups in total. The zero-order chi connectivity index (χ0) is 22.7. The van der Waals surface area contributed by atoms with Crippen molar-refractivity contribution in [1.82, 2.24) is 4.90 Å². The Bertz CT molecular complexity index is 1190. The Kier molecular flexibility index (Phi) is 6.19. The first kappa shape index (κ1) is 21.9. The summed E-state index contributed by atoms with van der Waals surface area (Å²) in [4.78, 5) is 16.9. The summed E-state index contributed by atoms with van der Waals surface area (Å²) in [6.45, 7) is 5.88. The van der Waals surface area contributed by atoms with E-state index in [1.165, 1.54) is 5.56 Å². The molecule has 0 radical (unpaired) electrons. The van der Waals surface area contributed by atoms with Crippen LogP contribution in [0.4, 0.5) is 16.2 Å². The van der Waals surface area contributed by atoms with Gasteiger partial charge in [-0.3, -0.25) is 9.62 Å². The van der Waals surface area contributed by atoms with E-state index in [2.05, 4.69) is 29.0 Å². The van der Waals surface area contributed by atoms with Gasteiger partial charge in [0.25, 0.3) is 10.0 Å². The van der Waals surface area contributed by atoms with Crippen molar-refractivity contribution in [3.8, 4) is 0 Å². The van der Waals surface area contributed by atoms with Gasteiger partial charge in [-0.05, 0) is 62.2 Å². The maximum atomic E-state index is 13.1. The minimum Gasteiger partial charge on any atom is -0.320 e. The smallest absolute Gasteiger partial charge is 0.320 e. The van der Waals surface area contributed by atoms with Crippen LogP contribution in [0.2, 0.25) is 0 Å².